The van der Waals surface area contributed by atoms with E-state index < -0.39 is 41.4 Å². The lowest BCUT2D eigenvalue weighted by molar-refractivity contribution is -0.119. The summed E-state index contributed by atoms with van der Waals surface area (Å²) in [4.78, 5) is 28.3. The minimum Gasteiger partial charge on any atom is -0.448 e. The summed E-state index contributed by atoms with van der Waals surface area (Å²) in [5, 5.41) is 8.90. The number of ether oxygens (including phenoxy) is 2. The van der Waals surface area contributed by atoms with Crippen molar-refractivity contribution in [3.05, 3.63) is 95.1 Å². The van der Waals surface area contributed by atoms with Crippen molar-refractivity contribution in [3.8, 4) is 0 Å². The van der Waals surface area contributed by atoms with Gasteiger partial charge in [0.1, 0.15) is 30.1 Å². The molecule has 0 aliphatic carbocycles. The molecule has 0 spiro atoms. The average molecular weight is 586 g/mol. The molecule has 1 saturated heterocycles. The minimum atomic E-state index is -1.11. The van der Waals surface area contributed by atoms with Gasteiger partial charge in [-0.25, -0.2) is 18.0 Å². The largest absolute Gasteiger partial charge is 0.448 e. The van der Waals surface area contributed by atoms with Crippen molar-refractivity contribution in [2.75, 3.05) is 31.6 Å². The Morgan fingerprint density at radius 1 is 1.07 bits per heavy atom. The minimum absolute atomic E-state index is 0.156. The van der Waals surface area contributed by atoms with E-state index in [1.165, 1.54) is 54.7 Å². The van der Waals surface area contributed by atoms with Gasteiger partial charge in [0.25, 0.3) is 0 Å². The third-order valence-electron chi connectivity index (χ3n) is 7.03. The third kappa shape index (κ3) is 8.20. The van der Waals surface area contributed by atoms with Gasteiger partial charge in [-0.3, -0.25) is 9.78 Å². The van der Waals surface area contributed by atoms with Crippen molar-refractivity contribution in [2.45, 2.75) is 43.9 Å². The summed E-state index contributed by atoms with van der Waals surface area (Å²) in [6.07, 6.45) is 2.48. The van der Waals surface area contributed by atoms with Crippen LogP contribution in [-0.2, 0) is 20.7 Å². The maximum atomic E-state index is 15.1. The van der Waals surface area contributed by atoms with Gasteiger partial charge in [0, 0.05) is 24.6 Å². The number of carbonyl (C=O) groups excluding carboxylic acids is 2. The van der Waals surface area contributed by atoms with Crippen LogP contribution in [0.25, 0.3) is 0 Å². The second-order valence-electron chi connectivity index (χ2n) is 9.98. The number of nitrogens with one attached hydrogen (secondary N) is 3. The zero-order chi connectivity index (χ0) is 30.1. The Hall–Kier alpha value is -4.16. The Morgan fingerprint density at radius 2 is 1.71 bits per heavy atom. The van der Waals surface area contributed by atoms with Crippen molar-refractivity contribution in [1.29, 1.82) is 0 Å². The number of anilines is 1. The number of aromatic nitrogens is 1. The highest BCUT2D eigenvalue weighted by Gasteiger charge is 2.31. The quantitative estimate of drug-likeness (QED) is 0.256. The van der Waals surface area contributed by atoms with Crippen molar-refractivity contribution in [3.63, 3.8) is 0 Å². The SMILES string of the molecule is CCNC(=O)OC[C@@H]1CO[C@H](CCc2c(F)cncc2N[C@H](C(N)=O)C(c2ccc(F)cc2)c2ccc(F)cc2)CN1. The van der Waals surface area contributed by atoms with Gasteiger partial charge in [0.05, 0.1) is 36.8 Å². The van der Waals surface area contributed by atoms with E-state index in [0.29, 0.717) is 42.8 Å². The van der Waals surface area contributed by atoms with E-state index in [2.05, 4.69) is 20.9 Å². The highest BCUT2D eigenvalue weighted by molar-refractivity contribution is 5.85. The normalized spacial score (nSPS) is 17.5. The van der Waals surface area contributed by atoms with Gasteiger partial charge in [0.15, 0.2) is 0 Å². The van der Waals surface area contributed by atoms with Crippen LogP contribution in [-0.4, -0.2) is 61.5 Å². The average Bonchev–Trinajstić information content (AvgIpc) is 2.98. The smallest absolute Gasteiger partial charge is 0.407 e. The first-order valence-electron chi connectivity index (χ1n) is 13.7. The first-order valence-corrected chi connectivity index (χ1v) is 13.7. The number of nitrogens with two attached hydrogens (primary N) is 1. The summed E-state index contributed by atoms with van der Waals surface area (Å²) in [5.41, 5.74) is 7.51. The molecular weight excluding hydrogens is 551 g/mol. The van der Waals surface area contributed by atoms with Gasteiger partial charge in [-0.2, -0.15) is 0 Å². The van der Waals surface area contributed by atoms with E-state index >= 15 is 4.39 Å². The van der Waals surface area contributed by atoms with Crippen molar-refractivity contribution < 1.29 is 32.2 Å². The molecule has 9 nitrogen and oxygen atoms in total. The first-order chi connectivity index (χ1) is 20.2. The second-order valence-corrected chi connectivity index (χ2v) is 9.98. The summed E-state index contributed by atoms with van der Waals surface area (Å²) in [5.74, 6) is -2.98. The highest BCUT2D eigenvalue weighted by Crippen LogP contribution is 2.32. The fraction of sp³-hybridized carbons (Fsp3) is 0.367. The predicted molar refractivity (Wildman–Crippen MR) is 150 cm³/mol. The molecule has 12 heteroatoms. The molecule has 224 valence electrons. The molecule has 1 fully saturated rings. The fourth-order valence-corrected chi connectivity index (χ4v) is 4.88. The van der Waals surface area contributed by atoms with Crippen LogP contribution in [0.3, 0.4) is 0 Å². The van der Waals surface area contributed by atoms with Gasteiger partial charge in [-0.15, -0.1) is 0 Å². The maximum absolute atomic E-state index is 15.1. The molecule has 42 heavy (non-hydrogen) atoms. The molecule has 2 aromatic carbocycles. The molecule has 0 saturated carbocycles. The number of nitrogens with zero attached hydrogens (tertiary/aromatic N) is 1. The molecule has 0 unspecified atom stereocenters. The molecule has 3 atom stereocenters. The Morgan fingerprint density at radius 3 is 2.26 bits per heavy atom. The number of benzene rings is 2. The van der Waals surface area contributed by atoms with Crippen LogP contribution in [0, 0.1) is 17.5 Å². The van der Waals surface area contributed by atoms with Gasteiger partial charge < -0.3 is 31.2 Å². The molecule has 3 aromatic rings. The van der Waals surface area contributed by atoms with Crippen molar-refractivity contribution in [1.82, 2.24) is 15.6 Å². The van der Waals surface area contributed by atoms with E-state index in [-0.39, 0.29) is 30.9 Å². The molecule has 5 N–H and O–H groups in total. The number of carbonyl (C=O) groups is 2. The van der Waals surface area contributed by atoms with Crippen molar-refractivity contribution in [2.24, 2.45) is 5.73 Å². The number of alkyl carbamates (subject to hydrolysis) is 1. The molecule has 1 aliphatic heterocycles. The molecular formula is C30H34F3N5O4. The number of rotatable bonds is 12. The summed E-state index contributed by atoms with van der Waals surface area (Å²) >= 11 is 0. The summed E-state index contributed by atoms with van der Waals surface area (Å²) < 4.78 is 53.6. The number of hydrogen-bond acceptors (Lipinski definition) is 7. The molecule has 0 bridgehead atoms. The second kappa shape index (κ2) is 14.6. The predicted octanol–water partition coefficient (Wildman–Crippen LogP) is 3.63. The number of morpholine rings is 1. The fourth-order valence-electron chi connectivity index (χ4n) is 4.88. The van der Waals surface area contributed by atoms with Crippen LogP contribution in [0.4, 0.5) is 23.7 Å². The lowest BCUT2D eigenvalue weighted by Gasteiger charge is -2.31. The lowest BCUT2D eigenvalue weighted by Crippen LogP contribution is -2.49. The van der Waals surface area contributed by atoms with E-state index in [1.807, 2.05) is 0 Å². The van der Waals surface area contributed by atoms with Crippen LogP contribution >= 0.6 is 0 Å². The third-order valence-corrected chi connectivity index (χ3v) is 7.03. The van der Waals surface area contributed by atoms with Gasteiger partial charge in [0.2, 0.25) is 5.91 Å². The van der Waals surface area contributed by atoms with E-state index in [9.17, 15) is 18.4 Å². The summed E-state index contributed by atoms with van der Waals surface area (Å²) in [7, 11) is 0. The standard InChI is InChI=1S/C30H34F3N5O4/c1-2-36-30(40)42-17-22-16-41-23(13-37-22)11-12-24-25(33)14-35-15-26(24)38-28(29(34)39)27(18-3-7-20(31)8-4-18)19-5-9-21(32)10-6-19/h3-10,14-15,22-23,27-28,37-38H,2,11-13,16-17H2,1H3,(H2,34,39)(H,36,40)/t22-,23+,28-/m0/s1. The molecule has 2 heterocycles. The van der Waals surface area contributed by atoms with Crippen LogP contribution in [0.5, 0.6) is 0 Å². The number of halogens is 3. The van der Waals surface area contributed by atoms with E-state index in [4.69, 9.17) is 15.2 Å². The van der Waals surface area contributed by atoms with Crippen LogP contribution in [0.15, 0.2) is 60.9 Å². The Balaban J connectivity index is 1.48. The topological polar surface area (TPSA) is 128 Å². The molecule has 0 radical (unpaired) electrons. The zero-order valence-corrected chi connectivity index (χ0v) is 23.1. The molecule has 1 aliphatic rings. The van der Waals surface area contributed by atoms with Gasteiger partial charge >= 0.3 is 6.09 Å². The Kier molecular flexibility index (Phi) is 10.7. The monoisotopic (exact) mass is 585 g/mol. The molecule has 4 rings (SSSR count). The van der Waals surface area contributed by atoms with E-state index in [0.717, 1.165) is 6.20 Å². The van der Waals surface area contributed by atoms with Crippen molar-refractivity contribution >= 4 is 17.7 Å². The zero-order valence-electron chi connectivity index (χ0n) is 23.1. The maximum Gasteiger partial charge on any atom is 0.407 e. The van der Waals surface area contributed by atoms with Crippen LogP contribution in [0.2, 0.25) is 0 Å². The highest BCUT2D eigenvalue weighted by atomic mass is 19.1. The first kappa shape index (κ1) is 30.8. The number of hydrogen-bond donors (Lipinski definition) is 4. The molecule has 2 amide bonds. The number of pyridine rings is 1. The summed E-state index contributed by atoms with van der Waals surface area (Å²) in [6.45, 7) is 3.21. The number of amides is 2. The summed E-state index contributed by atoms with van der Waals surface area (Å²) in [6, 6.07) is 9.85. The molecule has 1 aromatic heterocycles. The van der Waals surface area contributed by atoms with Crippen LogP contribution in [0.1, 0.15) is 36.0 Å². The number of primary amides is 1. The van der Waals surface area contributed by atoms with Crippen LogP contribution < -0.4 is 21.7 Å². The van der Waals surface area contributed by atoms with Gasteiger partial charge in [-0.1, -0.05) is 24.3 Å². The lowest BCUT2D eigenvalue weighted by atomic mass is 9.84. The van der Waals surface area contributed by atoms with Gasteiger partial charge in [-0.05, 0) is 55.2 Å². The Bertz CT molecular complexity index is 1290. The van der Waals surface area contributed by atoms with E-state index in [1.54, 1.807) is 6.92 Å². The Labute approximate surface area is 242 Å².